The van der Waals surface area contributed by atoms with Crippen molar-refractivity contribution in [3.8, 4) is 0 Å². The van der Waals surface area contributed by atoms with E-state index in [2.05, 4.69) is 10.3 Å². The van der Waals surface area contributed by atoms with Gasteiger partial charge in [0.25, 0.3) is 5.91 Å². The van der Waals surface area contributed by atoms with Crippen LogP contribution in [-0.2, 0) is 16.6 Å². The van der Waals surface area contributed by atoms with Crippen molar-refractivity contribution in [3.05, 3.63) is 66.1 Å². The third-order valence-electron chi connectivity index (χ3n) is 7.21. The molecule has 2 fully saturated rings. The monoisotopic (exact) mass is 466 g/mol. The largest absolute Gasteiger partial charge is 0.348 e. The van der Waals surface area contributed by atoms with Gasteiger partial charge in [-0.1, -0.05) is 31.4 Å². The first-order valence-corrected chi connectivity index (χ1v) is 13.2. The van der Waals surface area contributed by atoms with Crippen molar-refractivity contribution in [1.29, 1.82) is 0 Å². The number of aromatic nitrogens is 2. The number of carbonyl (C=O) groups is 1. The number of nitrogens with one attached hydrogen (secondary N) is 1. The van der Waals surface area contributed by atoms with Crippen molar-refractivity contribution in [2.75, 3.05) is 13.1 Å². The molecule has 1 saturated carbocycles. The van der Waals surface area contributed by atoms with Crippen molar-refractivity contribution in [3.63, 3.8) is 0 Å². The van der Waals surface area contributed by atoms with Crippen LogP contribution in [0.3, 0.4) is 0 Å². The Morgan fingerprint density at radius 2 is 1.76 bits per heavy atom. The molecule has 174 valence electrons. The molecule has 0 bridgehead atoms. The first-order chi connectivity index (χ1) is 16.0. The van der Waals surface area contributed by atoms with E-state index in [1.165, 1.54) is 19.3 Å². The first kappa shape index (κ1) is 22.1. The predicted molar refractivity (Wildman–Crippen MR) is 126 cm³/mol. The first-order valence-electron chi connectivity index (χ1n) is 11.8. The van der Waals surface area contributed by atoms with Gasteiger partial charge in [0.2, 0.25) is 10.0 Å². The molecule has 3 aromatic rings. The molecule has 1 saturated heterocycles. The summed E-state index contributed by atoms with van der Waals surface area (Å²) in [5, 5.41) is 2.90. The van der Waals surface area contributed by atoms with Crippen LogP contribution in [0.15, 0.2) is 59.9 Å². The number of hydrogen-bond acceptors (Lipinski definition) is 4. The molecule has 0 radical (unpaired) electrons. The Kier molecular flexibility index (Phi) is 5.97. The second kappa shape index (κ2) is 8.91. The minimum absolute atomic E-state index is 0.174. The topological polar surface area (TPSA) is 83.8 Å². The Balaban J connectivity index is 1.23. The molecular formula is C25H30N4O3S. The van der Waals surface area contributed by atoms with E-state index in [-0.39, 0.29) is 11.3 Å². The van der Waals surface area contributed by atoms with Gasteiger partial charge >= 0.3 is 0 Å². The van der Waals surface area contributed by atoms with Crippen LogP contribution in [0.1, 0.15) is 60.9 Å². The number of carbonyl (C=O) groups excluding carboxylic acids is 1. The van der Waals surface area contributed by atoms with Crippen LogP contribution in [-0.4, -0.2) is 41.1 Å². The second-order valence-electron chi connectivity index (χ2n) is 9.44. The molecule has 3 heterocycles. The highest BCUT2D eigenvalue weighted by molar-refractivity contribution is 7.89. The lowest BCUT2D eigenvalue weighted by atomic mass is 9.70. The lowest BCUT2D eigenvalue weighted by molar-refractivity contribution is 0.0950. The number of rotatable bonds is 5. The van der Waals surface area contributed by atoms with Gasteiger partial charge < -0.3 is 9.72 Å². The van der Waals surface area contributed by atoms with Gasteiger partial charge in [0, 0.05) is 38.2 Å². The molecule has 1 aliphatic carbocycles. The summed E-state index contributed by atoms with van der Waals surface area (Å²) in [5.41, 5.74) is 2.36. The van der Waals surface area contributed by atoms with Gasteiger partial charge in [0.15, 0.2) is 0 Å². The number of nitrogens with zero attached hydrogens (tertiary/aromatic N) is 3. The molecule has 1 spiro atoms. The molecule has 33 heavy (non-hydrogen) atoms. The zero-order valence-corrected chi connectivity index (χ0v) is 19.6. The summed E-state index contributed by atoms with van der Waals surface area (Å²) in [6.45, 7) is 1.57. The molecule has 0 unspecified atom stereocenters. The van der Waals surface area contributed by atoms with Gasteiger partial charge in [-0.2, -0.15) is 4.31 Å². The third-order valence-corrected chi connectivity index (χ3v) is 9.07. The zero-order valence-electron chi connectivity index (χ0n) is 18.7. The molecular weight excluding hydrogens is 436 g/mol. The third kappa shape index (κ3) is 4.54. The molecule has 1 aromatic carbocycles. The van der Waals surface area contributed by atoms with Gasteiger partial charge in [-0.05, 0) is 60.9 Å². The van der Waals surface area contributed by atoms with E-state index < -0.39 is 10.0 Å². The molecule has 5 rings (SSSR count). The summed E-state index contributed by atoms with van der Waals surface area (Å²) < 4.78 is 30.1. The number of hydrogen-bond donors (Lipinski definition) is 1. The predicted octanol–water partition coefficient (Wildman–Crippen LogP) is 4.00. The summed E-state index contributed by atoms with van der Waals surface area (Å²) in [5.74, 6) is -0.187. The number of piperidine rings is 1. The van der Waals surface area contributed by atoms with E-state index in [1.807, 2.05) is 0 Å². The standard InChI is InChI=1S/C25H30N4O3S/c30-24(21-7-10-23-26-14-16-28(23)18-21)27-17-20-5-8-22(9-6-20)33(31,32)29-15-4-13-25(19-29)11-2-1-3-12-25/h5-10,14,16,18H,1-4,11-13,15,17,19H2,(H,27,30). The van der Waals surface area contributed by atoms with Gasteiger partial charge in [-0.15, -0.1) is 0 Å². The minimum Gasteiger partial charge on any atom is -0.348 e. The minimum atomic E-state index is -3.51. The maximum atomic E-state index is 13.3. The second-order valence-corrected chi connectivity index (χ2v) is 11.4. The number of imidazole rings is 1. The molecule has 0 atom stereocenters. The van der Waals surface area contributed by atoms with E-state index in [9.17, 15) is 13.2 Å². The quantitative estimate of drug-likeness (QED) is 0.616. The van der Waals surface area contributed by atoms with E-state index >= 15 is 0 Å². The molecule has 2 aromatic heterocycles. The van der Waals surface area contributed by atoms with Gasteiger partial charge in [0.1, 0.15) is 5.65 Å². The number of pyridine rings is 1. The number of benzene rings is 1. The maximum absolute atomic E-state index is 13.3. The Labute approximate surface area is 194 Å². The van der Waals surface area contributed by atoms with Crippen molar-refractivity contribution < 1.29 is 13.2 Å². The van der Waals surface area contributed by atoms with Crippen LogP contribution in [0, 0.1) is 5.41 Å². The SMILES string of the molecule is O=C(NCc1ccc(S(=O)(=O)N2CCCC3(CCCCC3)C2)cc1)c1ccc2nccn2c1. The molecule has 1 N–H and O–H groups in total. The molecule has 8 heteroatoms. The van der Waals surface area contributed by atoms with Crippen LogP contribution in [0.25, 0.3) is 5.65 Å². The highest BCUT2D eigenvalue weighted by Gasteiger charge is 2.40. The van der Waals surface area contributed by atoms with Crippen molar-refractivity contribution in [1.82, 2.24) is 19.0 Å². The average molecular weight is 467 g/mol. The van der Waals surface area contributed by atoms with Crippen LogP contribution < -0.4 is 5.32 Å². The summed E-state index contributed by atoms with van der Waals surface area (Å²) in [6.07, 6.45) is 13.3. The average Bonchev–Trinajstić information content (AvgIpc) is 3.31. The van der Waals surface area contributed by atoms with E-state index in [4.69, 9.17) is 0 Å². The fraction of sp³-hybridized carbons (Fsp3) is 0.440. The van der Waals surface area contributed by atoms with Gasteiger partial charge in [0.05, 0.1) is 10.5 Å². The Bertz CT molecular complexity index is 1240. The van der Waals surface area contributed by atoms with E-state index in [0.717, 1.165) is 36.9 Å². The highest BCUT2D eigenvalue weighted by Crippen LogP contribution is 2.44. The van der Waals surface area contributed by atoms with Crippen molar-refractivity contribution >= 4 is 21.6 Å². The van der Waals surface area contributed by atoms with Crippen LogP contribution in [0.5, 0.6) is 0 Å². The normalized spacial score (nSPS) is 19.0. The van der Waals surface area contributed by atoms with Crippen LogP contribution in [0.4, 0.5) is 0 Å². The van der Waals surface area contributed by atoms with E-state index in [1.54, 1.807) is 63.7 Å². The Morgan fingerprint density at radius 3 is 2.55 bits per heavy atom. The lowest BCUT2D eigenvalue weighted by Gasteiger charge is -2.44. The fourth-order valence-electron chi connectivity index (χ4n) is 5.34. The number of amides is 1. The highest BCUT2D eigenvalue weighted by atomic mass is 32.2. The molecule has 7 nitrogen and oxygen atoms in total. The summed E-state index contributed by atoms with van der Waals surface area (Å²) in [7, 11) is -3.51. The smallest absolute Gasteiger partial charge is 0.253 e. The van der Waals surface area contributed by atoms with E-state index in [0.29, 0.717) is 30.1 Å². The lowest BCUT2D eigenvalue weighted by Crippen LogP contribution is -2.46. The Hall–Kier alpha value is -2.71. The molecule has 1 aliphatic heterocycles. The zero-order chi connectivity index (χ0) is 22.9. The van der Waals surface area contributed by atoms with Gasteiger partial charge in [-0.3, -0.25) is 4.79 Å². The fourth-order valence-corrected chi connectivity index (χ4v) is 6.94. The molecule has 1 amide bonds. The van der Waals surface area contributed by atoms with Crippen molar-refractivity contribution in [2.24, 2.45) is 5.41 Å². The van der Waals surface area contributed by atoms with Crippen LogP contribution >= 0.6 is 0 Å². The van der Waals surface area contributed by atoms with Gasteiger partial charge in [-0.25, -0.2) is 13.4 Å². The Morgan fingerprint density at radius 1 is 1.00 bits per heavy atom. The van der Waals surface area contributed by atoms with Crippen LogP contribution in [0.2, 0.25) is 0 Å². The maximum Gasteiger partial charge on any atom is 0.253 e. The number of fused-ring (bicyclic) bond motifs is 1. The summed E-state index contributed by atoms with van der Waals surface area (Å²) in [4.78, 5) is 17.0. The number of sulfonamides is 1. The molecule has 2 aliphatic rings. The summed E-state index contributed by atoms with van der Waals surface area (Å²) >= 11 is 0. The van der Waals surface area contributed by atoms with Crippen molar-refractivity contribution in [2.45, 2.75) is 56.4 Å². The summed E-state index contributed by atoms with van der Waals surface area (Å²) in [6, 6.07) is 10.4.